The van der Waals surface area contributed by atoms with Crippen molar-refractivity contribution in [1.82, 2.24) is 9.78 Å². The van der Waals surface area contributed by atoms with Gasteiger partial charge in [-0.15, -0.1) is 0 Å². The van der Waals surface area contributed by atoms with Gasteiger partial charge < -0.3 is 9.80 Å². The lowest BCUT2D eigenvalue weighted by Gasteiger charge is -2.30. The van der Waals surface area contributed by atoms with Crippen LogP contribution >= 0.6 is 0 Å². The molecule has 166 valence electrons. The summed E-state index contributed by atoms with van der Waals surface area (Å²) in [5.41, 5.74) is 6.23. The van der Waals surface area contributed by atoms with Crippen molar-refractivity contribution in [3.63, 3.8) is 0 Å². The number of fused-ring (bicyclic) bond motifs is 1. The number of carbonyl (C=O) groups is 1. The minimum atomic E-state index is 0.0365. The quantitative estimate of drug-likeness (QED) is 0.609. The van der Waals surface area contributed by atoms with E-state index in [4.69, 9.17) is 5.10 Å². The monoisotopic (exact) mass is 429 g/mol. The third-order valence-electron chi connectivity index (χ3n) is 6.58. The first-order valence-electron chi connectivity index (χ1n) is 11.6. The second-order valence-electron chi connectivity index (χ2n) is 8.97. The van der Waals surface area contributed by atoms with Gasteiger partial charge in [0.15, 0.2) is 0 Å². The van der Waals surface area contributed by atoms with Crippen molar-refractivity contribution in [2.45, 2.75) is 32.7 Å². The molecule has 1 amide bonds. The second-order valence-corrected chi connectivity index (χ2v) is 8.97. The van der Waals surface area contributed by atoms with E-state index in [-0.39, 0.29) is 5.91 Å². The van der Waals surface area contributed by atoms with Crippen LogP contribution in [-0.4, -0.2) is 49.4 Å². The molecule has 2 aliphatic rings. The molecule has 0 spiro atoms. The number of aromatic nitrogens is 2. The van der Waals surface area contributed by atoms with Gasteiger partial charge in [-0.25, -0.2) is 4.68 Å². The van der Waals surface area contributed by atoms with Crippen molar-refractivity contribution < 1.29 is 4.79 Å². The highest BCUT2D eigenvalue weighted by molar-refractivity contribution is 6.08. The summed E-state index contributed by atoms with van der Waals surface area (Å²) >= 11 is 0. The first kappa shape index (κ1) is 20.6. The Bertz CT molecular complexity index is 1140. The number of hydrogen-bond donors (Lipinski definition) is 0. The maximum Gasteiger partial charge on any atom is 0.259 e. The number of hydrogen-bond acceptors (Lipinski definition) is 4. The van der Waals surface area contributed by atoms with Gasteiger partial charge in [-0.1, -0.05) is 24.3 Å². The van der Waals surface area contributed by atoms with Gasteiger partial charge in [0.25, 0.3) is 5.91 Å². The predicted molar refractivity (Wildman–Crippen MR) is 131 cm³/mol. The molecule has 3 heterocycles. The summed E-state index contributed by atoms with van der Waals surface area (Å²) in [5, 5.41) is 4.86. The van der Waals surface area contributed by atoms with Gasteiger partial charge in [0.05, 0.1) is 5.69 Å². The third-order valence-corrected chi connectivity index (χ3v) is 6.58. The van der Waals surface area contributed by atoms with E-state index >= 15 is 0 Å². The van der Waals surface area contributed by atoms with Gasteiger partial charge in [-0.2, -0.15) is 5.10 Å². The van der Waals surface area contributed by atoms with Crippen LogP contribution in [0.4, 0.5) is 17.2 Å². The number of para-hydroxylation sites is 1. The van der Waals surface area contributed by atoms with Gasteiger partial charge in [-0.3, -0.25) is 9.69 Å². The summed E-state index contributed by atoms with van der Waals surface area (Å²) in [7, 11) is 3.99. The zero-order valence-corrected chi connectivity index (χ0v) is 19.2. The molecule has 2 aromatic carbocycles. The molecular weight excluding hydrogens is 398 g/mol. The Morgan fingerprint density at radius 2 is 1.72 bits per heavy atom. The summed E-state index contributed by atoms with van der Waals surface area (Å²) in [6.07, 6.45) is 3.36. The molecule has 0 atom stereocenters. The molecule has 0 N–H and O–H groups in total. The van der Waals surface area contributed by atoms with Crippen LogP contribution in [0.1, 0.15) is 35.3 Å². The first-order chi connectivity index (χ1) is 15.5. The van der Waals surface area contributed by atoms with Crippen LogP contribution in [0.2, 0.25) is 0 Å². The summed E-state index contributed by atoms with van der Waals surface area (Å²) in [6, 6.07) is 16.5. The fourth-order valence-corrected chi connectivity index (χ4v) is 4.99. The molecule has 0 saturated carbocycles. The molecule has 1 fully saturated rings. The van der Waals surface area contributed by atoms with Crippen molar-refractivity contribution in [3.8, 4) is 11.1 Å². The lowest BCUT2D eigenvalue weighted by atomic mass is 10.0. The molecule has 0 radical (unpaired) electrons. The van der Waals surface area contributed by atoms with Crippen LogP contribution in [0.3, 0.4) is 0 Å². The van der Waals surface area contributed by atoms with E-state index in [2.05, 4.69) is 36.1 Å². The van der Waals surface area contributed by atoms with Crippen LogP contribution in [0.5, 0.6) is 0 Å². The minimum absolute atomic E-state index is 0.0365. The summed E-state index contributed by atoms with van der Waals surface area (Å²) in [5.74, 6) is 0.968. The summed E-state index contributed by atoms with van der Waals surface area (Å²) in [6.45, 7) is 5.77. The second kappa shape index (κ2) is 8.34. The molecule has 0 bridgehead atoms. The lowest BCUT2D eigenvalue weighted by molar-refractivity contribution is 0.0981. The third kappa shape index (κ3) is 3.53. The van der Waals surface area contributed by atoms with Crippen molar-refractivity contribution in [2.24, 2.45) is 0 Å². The van der Waals surface area contributed by atoms with Crippen LogP contribution < -0.4 is 14.7 Å². The smallest absolute Gasteiger partial charge is 0.259 e. The van der Waals surface area contributed by atoms with Gasteiger partial charge in [0.2, 0.25) is 0 Å². The van der Waals surface area contributed by atoms with Crippen LogP contribution in [-0.2, 0) is 6.54 Å². The molecule has 5 rings (SSSR count). The summed E-state index contributed by atoms with van der Waals surface area (Å²) in [4.78, 5) is 20.2. The van der Waals surface area contributed by atoms with E-state index < -0.39 is 0 Å². The van der Waals surface area contributed by atoms with Crippen LogP contribution in [0, 0.1) is 6.92 Å². The number of amides is 1. The van der Waals surface area contributed by atoms with Gasteiger partial charge in [0, 0.05) is 68.3 Å². The van der Waals surface area contributed by atoms with Gasteiger partial charge in [-0.05, 0) is 50.5 Å². The zero-order valence-electron chi connectivity index (χ0n) is 19.2. The average molecular weight is 430 g/mol. The number of rotatable bonds is 4. The SMILES string of the molecule is Cc1nn2c(c1-c1ccccc1N1CCCC1)N(C(=O)c1cccc(N(C)C)c1)CCC2. The Kier molecular flexibility index (Phi) is 5.37. The molecule has 3 aromatic rings. The molecule has 6 heteroatoms. The van der Waals surface area contributed by atoms with Crippen molar-refractivity contribution >= 4 is 23.1 Å². The molecule has 0 aliphatic carbocycles. The van der Waals surface area contributed by atoms with Crippen molar-refractivity contribution in [1.29, 1.82) is 0 Å². The number of nitrogens with zero attached hydrogens (tertiary/aromatic N) is 5. The summed E-state index contributed by atoms with van der Waals surface area (Å²) < 4.78 is 2.03. The van der Waals surface area contributed by atoms with E-state index in [1.165, 1.54) is 24.1 Å². The van der Waals surface area contributed by atoms with Gasteiger partial charge in [0.1, 0.15) is 5.82 Å². The molecule has 1 saturated heterocycles. The largest absolute Gasteiger partial charge is 0.378 e. The maximum atomic E-state index is 13.7. The van der Waals surface area contributed by atoms with Crippen molar-refractivity contribution in [2.75, 3.05) is 48.4 Å². The lowest BCUT2D eigenvalue weighted by Crippen LogP contribution is -2.38. The van der Waals surface area contributed by atoms with E-state index in [0.717, 1.165) is 48.8 Å². The fraction of sp³-hybridized carbons (Fsp3) is 0.385. The Hall–Kier alpha value is -3.28. The van der Waals surface area contributed by atoms with Crippen LogP contribution in [0.25, 0.3) is 11.1 Å². The van der Waals surface area contributed by atoms with E-state index in [1.807, 2.05) is 52.8 Å². The Balaban J connectivity index is 1.61. The van der Waals surface area contributed by atoms with Crippen LogP contribution in [0.15, 0.2) is 48.5 Å². The highest BCUT2D eigenvalue weighted by atomic mass is 16.2. The highest BCUT2D eigenvalue weighted by Crippen LogP contribution is 2.42. The fourth-order valence-electron chi connectivity index (χ4n) is 4.99. The topological polar surface area (TPSA) is 44.6 Å². The molecule has 2 aliphatic heterocycles. The molecule has 1 aromatic heterocycles. The van der Waals surface area contributed by atoms with Crippen molar-refractivity contribution in [3.05, 3.63) is 59.8 Å². The maximum absolute atomic E-state index is 13.7. The molecular formula is C26H31N5O. The Morgan fingerprint density at radius 1 is 0.938 bits per heavy atom. The zero-order chi connectivity index (χ0) is 22.2. The number of benzene rings is 2. The minimum Gasteiger partial charge on any atom is -0.378 e. The average Bonchev–Trinajstić information content (AvgIpc) is 3.46. The predicted octanol–water partition coefficient (Wildman–Crippen LogP) is 4.58. The van der Waals surface area contributed by atoms with Gasteiger partial charge >= 0.3 is 0 Å². The Morgan fingerprint density at radius 3 is 2.50 bits per heavy atom. The highest BCUT2D eigenvalue weighted by Gasteiger charge is 2.31. The van der Waals surface area contributed by atoms with E-state index in [9.17, 15) is 4.79 Å². The Labute approximate surface area is 190 Å². The molecule has 6 nitrogen and oxygen atoms in total. The number of anilines is 3. The normalized spacial score (nSPS) is 15.7. The molecule has 32 heavy (non-hydrogen) atoms. The molecule has 0 unspecified atom stereocenters. The number of carbonyl (C=O) groups excluding carboxylic acids is 1. The van der Waals surface area contributed by atoms with E-state index in [0.29, 0.717) is 12.1 Å². The van der Waals surface area contributed by atoms with E-state index in [1.54, 1.807) is 0 Å². The standard InChI is InChI=1S/C26H31N5O/c1-19-24(22-12-4-5-13-23(22)29-14-6-7-15-29)25-30(16-9-17-31(25)27-19)26(32)20-10-8-11-21(18-20)28(2)3/h4-5,8,10-13,18H,6-7,9,14-17H2,1-3H3. The first-order valence-corrected chi connectivity index (χ1v) is 11.6. The number of aryl methyl sites for hydroxylation is 2.